The Hall–Kier alpha value is -0.600. The van der Waals surface area contributed by atoms with Crippen molar-refractivity contribution in [1.82, 2.24) is 0 Å². The van der Waals surface area contributed by atoms with Gasteiger partial charge in [-0.2, -0.15) is 0 Å². The molecule has 1 aromatic carbocycles. The number of nitrogens with one attached hydrogen (secondary N) is 1. The molecule has 0 aliphatic carbocycles. The summed E-state index contributed by atoms with van der Waals surface area (Å²) in [6.07, 6.45) is 0. The van der Waals surface area contributed by atoms with E-state index in [1.807, 2.05) is 25.2 Å². The molecule has 1 rings (SSSR count). The molecule has 0 amide bonds. The van der Waals surface area contributed by atoms with Gasteiger partial charge in [-0.05, 0) is 12.1 Å². The number of anilines is 1. The van der Waals surface area contributed by atoms with Gasteiger partial charge in [0.2, 0.25) is 0 Å². The average Bonchev–Trinajstić information content (AvgIpc) is 2.05. The fourth-order valence-corrected chi connectivity index (χ4v) is 1.16. The number of rotatable bonds is 2. The van der Waals surface area contributed by atoms with Crippen molar-refractivity contribution in [2.75, 3.05) is 19.5 Å². The minimum absolute atomic E-state index is 0. The Bertz CT molecular complexity index is 231. The third-order valence-electron chi connectivity index (χ3n) is 1.45. The molecule has 0 atom stereocenters. The van der Waals surface area contributed by atoms with Crippen LogP contribution in [0, 0.1) is 0 Å². The number of benzene rings is 1. The lowest BCUT2D eigenvalue weighted by Crippen LogP contribution is -1.91. The molecule has 4 heteroatoms. The molecular weight excluding hydrogens is 197 g/mol. The van der Waals surface area contributed by atoms with Crippen LogP contribution in [0.2, 0.25) is 5.02 Å². The maximum atomic E-state index is 5.92. The van der Waals surface area contributed by atoms with E-state index in [0.717, 1.165) is 5.69 Å². The summed E-state index contributed by atoms with van der Waals surface area (Å²) in [4.78, 5) is 0. The second kappa shape index (κ2) is 5.12. The van der Waals surface area contributed by atoms with Gasteiger partial charge in [-0.25, -0.2) is 0 Å². The number of halogens is 2. The highest BCUT2D eigenvalue weighted by Gasteiger charge is 2.02. The normalized spacial score (nSPS) is 8.58. The number of ether oxygens (including phenoxy) is 1. The predicted octanol–water partition coefficient (Wildman–Crippen LogP) is 2.81. The molecule has 0 aliphatic heterocycles. The summed E-state index contributed by atoms with van der Waals surface area (Å²) in [6, 6.07) is 5.60. The van der Waals surface area contributed by atoms with Crippen molar-refractivity contribution in [2.24, 2.45) is 0 Å². The van der Waals surface area contributed by atoms with Gasteiger partial charge in [0.05, 0.1) is 12.8 Å². The molecule has 12 heavy (non-hydrogen) atoms. The van der Waals surface area contributed by atoms with E-state index in [0.29, 0.717) is 10.8 Å². The van der Waals surface area contributed by atoms with Crippen molar-refractivity contribution in [3.63, 3.8) is 0 Å². The van der Waals surface area contributed by atoms with E-state index < -0.39 is 0 Å². The van der Waals surface area contributed by atoms with Crippen LogP contribution in [-0.4, -0.2) is 14.2 Å². The Morgan fingerprint density at radius 2 is 2.08 bits per heavy atom. The van der Waals surface area contributed by atoms with Crippen molar-refractivity contribution in [2.45, 2.75) is 0 Å². The maximum absolute atomic E-state index is 5.92. The zero-order chi connectivity index (χ0) is 8.27. The van der Waals surface area contributed by atoms with E-state index in [4.69, 9.17) is 16.3 Å². The first kappa shape index (κ1) is 11.4. The minimum Gasteiger partial charge on any atom is -0.495 e. The topological polar surface area (TPSA) is 21.3 Å². The molecule has 0 radical (unpaired) electrons. The smallest absolute Gasteiger partial charge is 0.139 e. The molecule has 0 saturated carbocycles. The lowest BCUT2D eigenvalue weighted by atomic mass is 10.3. The first-order valence-electron chi connectivity index (χ1n) is 3.30. The van der Waals surface area contributed by atoms with Crippen LogP contribution in [0.1, 0.15) is 0 Å². The molecule has 0 heterocycles. The molecule has 1 N–H and O–H groups in total. The molecule has 1 aromatic rings. The first-order chi connectivity index (χ1) is 5.29. The van der Waals surface area contributed by atoms with Crippen molar-refractivity contribution < 1.29 is 4.74 Å². The Balaban J connectivity index is 0.00000121. The highest BCUT2D eigenvalue weighted by molar-refractivity contribution is 6.34. The summed E-state index contributed by atoms with van der Waals surface area (Å²) < 4.78 is 5.02. The van der Waals surface area contributed by atoms with Gasteiger partial charge < -0.3 is 10.1 Å². The summed E-state index contributed by atoms with van der Waals surface area (Å²) in [5, 5.41) is 3.58. The molecule has 2 nitrogen and oxygen atoms in total. The zero-order valence-electron chi connectivity index (χ0n) is 6.93. The molecule has 0 aliphatic rings. The monoisotopic (exact) mass is 207 g/mol. The second-order valence-corrected chi connectivity index (χ2v) is 2.45. The summed E-state index contributed by atoms with van der Waals surface area (Å²) in [7, 11) is 3.42. The van der Waals surface area contributed by atoms with Crippen molar-refractivity contribution >= 4 is 29.7 Å². The lowest BCUT2D eigenvalue weighted by molar-refractivity contribution is 0.415. The largest absolute Gasteiger partial charge is 0.495 e. The second-order valence-electron chi connectivity index (χ2n) is 2.07. The van der Waals surface area contributed by atoms with Crippen molar-refractivity contribution in [3.05, 3.63) is 23.2 Å². The van der Waals surface area contributed by atoms with Crippen LogP contribution in [-0.2, 0) is 0 Å². The highest BCUT2D eigenvalue weighted by atomic mass is 35.5. The summed E-state index contributed by atoms with van der Waals surface area (Å²) in [5.41, 5.74) is 0.881. The molecule has 0 spiro atoms. The highest BCUT2D eigenvalue weighted by Crippen LogP contribution is 2.30. The fraction of sp³-hybridized carbons (Fsp3) is 0.250. The third kappa shape index (κ3) is 2.19. The van der Waals surface area contributed by atoms with E-state index in [1.165, 1.54) is 0 Å². The van der Waals surface area contributed by atoms with E-state index >= 15 is 0 Å². The lowest BCUT2D eigenvalue weighted by Gasteiger charge is -2.06. The van der Waals surface area contributed by atoms with Gasteiger partial charge in [-0.3, -0.25) is 0 Å². The maximum Gasteiger partial charge on any atom is 0.139 e. The average molecular weight is 208 g/mol. The van der Waals surface area contributed by atoms with Crippen LogP contribution < -0.4 is 10.1 Å². The predicted molar refractivity (Wildman–Crippen MR) is 54.8 cm³/mol. The quantitative estimate of drug-likeness (QED) is 0.806. The molecule has 68 valence electrons. The molecule has 0 saturated heterocycles. The van der Waals surface area contributed by atoms with E-state index in [-0.39, 0.29) is 12.4 Å². The van der Waals surface area contributed by atoms with E-state index in [2.05, 4.69) is 5.32 Å². The first-order valence-corrected chi connectivity index (χ1v) is 3.67. The third-order valence-corrected chi connectivity index (χ3v) is 1.84. The van der Waals surface area contributed by atoms with Crippen molar-refractivity contribution in [1.29, 1.82) is 0 Å². The van der Waals surface area contributed by atoms with Crippen LogP contribution in [0.25, 0.3) is 0 Å². The summed E-state index contributed by atoms with van der Waals surface area (Å²) >= 11 is 5.92. The van der Waals surface area contributed by atoms with Gasteiger partial charge in [0.15, 0.2) is 0 Å². The number of hydrogen-bond acceptors (Lipinski definition) is 2. The van der Waals surface area contributed by atoms with Crippen LogP contribution >= 0.6 is 24.0 Å². The molecule has 0 aromatic heterocycles. The Labute approximate surface area is 83.3 Å². The van der Waals surface area contributed by atoms with Gasteiger partial charge in [-0.15, -0.1) is 12.4 Å². The number of hydrogen-bond donors (Lipinski definition) is 1. The molecule has 0 unspecified atom stereocenters. The van der Waals surface area contributed by atoms with Crippen molar-refractivity contribution in [3.8, 4) is 5.75 Å². The molecular formula is C8H11Cl2NO. The molecule has 0 fully saturated rings. The summed E-state index contributed by atoms with van der Waals surface area (Å²) in [6.45, 7) is 0. The van der Waals surface area contributed by atoms with Crippen LogP contribution in [0.5, 0.6) is 5.75 Å². The van der Waals surface area contributed by atoms with Gasteiger partial charge in [0, 0.05) is 7.05 Å². The van der Waals surface area contributed by atoms with Gasteiger partial charge in [0.1, 0.15) is 10.8 Å². The summed E-state index contributed by atoms with van der Waals surface area (Å²) in [5.74, 6) is 0.693. The SMILES string of the molecule is CNc1cccc(OC)c1Cl.Cl. The molecule has 0 bridgehead atoms. The van der Waals surface area contributed by atoms with E-state index in [9.17, 15) is 0 Å². The Morgan fingerprint density at radius 1 is 1.42 bits per heavy atom. The van der Waals surface area contributed by atoms with Crippen LogP contribution in [0.3, 0.4) is 0 Å². The minimum atomic E-state index is 0. The Morgan fingerprint density at radius 3 is 2.58 bits per heavy atom. The van der Waals surface area contributed by atoms with Gasteiger partial charge in [0.25, 0.3) is 0 Å². The Kier molecular flexibility index (Phi) is 4.86. The van der Waals surface area contributed by atoms with Gasteiger partial charge in [-0.1, -0.05) is 17.7 Å². The zero-order valence-corrected chi connectivity index (χ0v) is 8.50. The standard InChI is InChI=1S/C8H10ClNO.ClH/c1-10-6-4-3-5-7(11-2)8(6)9;/h3-5,10H,1-2H3;1H. The van der Waals surface area contributed by atoms with Crippen LogP contribution in [0.15, 0.2) is 18.2 Å². The van der Waals surface area contributed by atoms with E-state index in [1.54, 1.807) is 7.11 Å². The van der Waals surface area contributed by atoms with Crippen LogP contribution in [0.4, 0.5) is 5.69 Å². The fourth-order valence-electron chi connectivity index (χ4n) is 0.862. The van der Waals surface area contributed by atoms with Gasteiger partial charge >= 0.3 is 0 Å². The number of methoxy groups -OCH3 is 1.